The predicted molar refractivity (Wildman–Crippen MR) is 95.1 cm³/mol. The van der Waals surface area contributed by atoms with E-state index in [1.54, 1.807) is 0 Å². The minimum atomic E-state index is -4.54. The van der Waals surface area contributed by atoms with Crippen molar-refractivity contribution in [2.24, 2.45) is 0 Å². The Bertz CT molecular complexity index is 1200. The molecule has 0 saturated carbocycles. The van der Waals surface area contributed by atoms with Crippen molar-refractivity contribution in [1.82, 2.24) is 24.6 Å². The standard InChI is InChI=1S/C18H11F3N6O2/c19-18(20,21)11-4-2-1-3-10(11)12-5-6-14-23-8-15(27(14)26-12)25-17(29)13-7-24-16(28)9-22-13/h1-9H,(H,24,28)(H,25,29). The molecule has 0 unspecified atom stereocenters. The lowest BCUT2D eigenvalue weighted by molar-refractivity contribution is -0.137. The van der Waals surface area contributed by atoms with Crippen molar-refractivity contribution in [3.05, 3.63) is 66.2 Å². The molecule has 1 aromatic carbocycles. The molecule has 146 valence electrons. The number of hydrogen-bond donors (Lipinski definition) is 2. The lowest BCUT2D eigenvalue weighted by Gasteiger charge is -2.12. The molecule has 0 radical (unpaired) electrons. The molecule has 8 nitrogen and oxygen atoms in total. The van der Waals surface area contributed by atoms with Gasteiger partial charge in [-0.15, -0.1) is 0 Å². The molecule has 0 spiro atoms. The van der Waals surface area contributed by atoms with Gasteiger partial charge < -0.3 is 10.4 Å². The van der Waals surface area contributed by atoms with Crippen LogP contribution >= 0.6 is 0 Å². The van der Waals surface area contributed by atoms with Gasteiger partial charge in [0, 0.05) is 5.56 Å². The van der Waals surface area contributed by atoms with Gasteiger partial charge in [-0.25, -0.2) is 15.0 Å². The van der Waals surface area contributed by atoms with Gasteiger partial charge >= 0.3 is 6.18 Å². The van der Waals surface area contributed by atoms with Gasteiger partial charge in [-0.05, 0) is 18.2 Å². The van der Waals surface area contributed by atoms with Crippen LogP contribution in [0.2, 0.25) is 0 Å². The first-order valence-electron chi connectivity index (χ1n) is 8.16. The van der Waals surface area contributed by atoms with Gasteiger partial charge in [-0.3, -0.25) is 4.79 Å². The normalized spacial score (nSPS) is 11.6. The first kappa shape index (κ1) is 18.3. The molecule has 2 N–H and O–H groups in total. The maximum atomic E-state index is 13.3. The Balaban J connectivity index is 1.73. The maximum absolute atomic E-state index is 13.3. The molecule has 4 rings (SSSR count). The largest absolute Gasteiger partial charge is 0.492 e. The second-order valence-electron chi connectivity index (χ2n) is 5.89. The highest BCUT2D eigenvalue weighted by atomic mass is 19.4. The zero-order valence-electron chi connectivity index (χ0n) is 14.4. The second kappa shape index (κ2) is 6.86. The van der Waals surface area contributed by atoms with Crippen LogP contribution in [0, 0.1) is 0 Å². The number of halogens is 3. The van der Waals surface area contributed by atoms with E-state index in [2.05, 4.69) is 25.4 Å². The minimum absolute atomic E-state index is 0.0587. The van der Waals surface area contributed by atoms with Gasteiger partial charge in [0.05, 0.1) is 29.8 Å². The molecule has 1 amide bonds. The summed E-state index contributed by atoms with van der Waals surface area (Å²) in [6, 6.07) is 7.98. The molecule has 0 bridgehead atoms. The fraction of sp³-hybridized carbons (Fsp3) is 0.0556. The smallest absolute Gasteiger partial charge is 0.417 e. The zero-order chi connectivity index (χ0) is 20.6. The number of carbonyl (C=O) groups excluding carboxylic acids is 1. The van der Waals surface area contributed by atoms with Crippen molar-refractivity contribution in [1.29, 1.82) is 0 Å². The number of carbonyl (C=O) groups is 1. The average Bonchev–Trinajstić information content (AvgIpc) is 3.10. The number of alkyl halides is 3. The lowest BCUT2D eigenvalue weighted by atomic mass is 10.0. The first-order chi connectivity index (χ1) is 13.8. The Kier molecular flexibility index (Phi) is 4.34. The van der Waals surface area contributed by atoms with Crippen LogP contribution in [0.4, 0.5) is 19.0 Å². The predicted octanol–water partition coefficient (Wildman–Crippen LogP) is 3.16. The minimum Gasteiger partial charge on any atom is -0.492 e. The van der Waals surface area contributed by atoms with Gasteiger partial charge in [0.25, 0.3) is 5.91 Å². The van der Waals surface area contributed by atoms with Crippen molar-refractivity contribution >= 4 is 17.4 Å². The lowest BCUT2D eigenvalue weighted by Crippen LogP contribution is -2.16. The number of amides is 1. The van der Waals surface area contributed by atoms with E-state index in [-0.39, 0.29) is 28.6 Å². The SMILES string of the molecule is O=C(Nc1cnc2ccc(-c3ccccc3C(F)(F)F)nn12)c1cnc(O)cn1. The van der Waals surface area contributed by atoms with Crippen LogP contribution in [-0.2, 0) is 6.18 Å². The Labute approximate surface area is 160 Å². The van der Waals surface area contributed by atoms with E-state index in [4.69, 9.17) is 5.11 Å². The third-order valence-corrected chi connectivity index (χ3v) is 3.98. The molecule has 0 aliphatic rings. The van der Waals surface area contributed by atoms with Gasteiger partial charge in [0.1, 0.15) is 5.69 Å². The molecule has 0 atom stereocenters. The maximum Gasteiger partial charge on any atom is 0.417 e. The number of anilines is 1. The van der Waals surface area contributed by atoms with Crippen LogP contribution in [0.15, 0.2) is 55.0 Å². The number of aromatic hydroxyl groups is 1. The summed E-state index contributed by atoms with van der Waals surface area (Å²) in [6.07, 6.45) is -1.15. The van der Waals surface area contributed by atoms with Crippen molar-refractivity contribution in [3.8, 4) is 17.1 Å². The van der Waals surface area contributed by atoms with Crippen LogP contribution < -0.4 is 5.32 Å². The highest BCUT2D eigenvalue weighted by molar-refractivity contribution is 6.02. The summed E-state index contributed by atoms with van der Waals surface area (Å²) < 4.78 is 41.2. The Morgan fingerprint density at radius 1 is 1.00 bits per heavy atom. The molecule has 0 fully saturated rings. The molecule has 0 saturated heterocycles. The Morgan fingerprint density at radius 2 is 1.79 bits per heavy atom. The fourth-order valence-electron chi connectivity index (χ4n) is 2.67. The van der Waals surface area contributed by atoms with Crippen LogP contribution in [0.3, 0.4) is 0 Å². The summed E-state index contributed by atoms with van der Waals surface area (Å²) in [5.74, 6) is -0.862. The van der Waals surface area contributed by atoms with E-state index in [0.717, 1.165) is 18.5 Å². The number of fused-ring (bicyclic) bond motifs is 1. The monoisotopic (exact) mass is 400 g/mol. The quantitative estimate of drug-likeness (QED) is 0.547. The topological polar surface area (TPSA) is 105 Å². The zero-order valence-corrected chi connectivity index (χ0v) is 14.4. The number of nitrogens with one attached hydrogen (secondary N) is 1. The number of hydrogen-bond acceptors (Lipinski definition) is 6. The summed E-state index contributed by atoms with van der Waals surface area (Å²) in [5.41, 5.74) is -0.612. The number of rotatable bonds is 3. The van der Waals surface area contributed by atoms with E-state index in [0.29, 0.717) is 5.65 Å². The molecule has 3 heterocycles. The van der Waals surface area contributed by atoms with Crippen molar-refractivity contribution < 1.29 is 23.1 Å². The molecule has 0 aliphatic heterocycles. The third-order valence-electron chi connectivity index (χ3n) is 3.98. The van der Waals surface area contributed by atoms with Crippen LogP contribution in [0.25, 0.3) is 16.9 Å². The molecule has 4 aromatic rings. The van der Waals surface area contributed by atoms with Gasteiger partial charge in [-0.1, -0.05) is 18.2 Å². The van der Waals surface area contributed by atoms with E-state index in [9.17, 15) is 18.0 Å². The summed E-state index contributed by atoms with van der Waals surface area (Å²) in [4.78, 5) is 23.7. The Hall–Kier alpha value is -4.02. The summed E-state index contributed by atoms with van der Waals surface area (Å²) in [7, 11) is 0. The number of benzene rings is 1. The number of nitrogens with zero attached hydrogens (tertiary/aromatic N) is 5. The highest BCUT2D eigenvalue weighted by Gasteiger charge is 2.33. The summed E-state index contributed by atoms with van der Waals surface area (Å²) in [6.45, 7) is 0. The van der Waals surface area contributed by atoms with Crippen LogP contribution in [-0.4, -0.2) is 35.6 Å². The van der Waals surface area contributed by atoms with Crippen molar-refractivity contribution in [3.63, 3.8) is 0 Å². The number of imidazole rings is 1. The third kappa shape index (κ3) is 3.57. The molecule has 3 aromatic heterocycles. The Morgan fingerprint density at radius 3 is 2.52 bits per heavy atom. The van der Waals surface area contributed by atoms with E-state index in [1.165, 1.54) is 41.0 Å². The molecule has 29 heavy (non-hydrogen) atoms. The van der Waals surface area contributed by atoms with Gasteiger partial charge in [0.2, 0.25) is 5.88 Å². The van der Waals surface area contributed by atoms with Gasteiger partial charge in [0.15, 0.2) is 11.5 Å². The summed E-state index contributed by atoms with van der Waals surface area (Å²) >= 11 is 0. The van der Waals surface area contributed by atoms with Crippen LogP contribution in [0.5, 0.6) is 5.88 Å². The van der Waals surface area contributed by atoms with E-state index in [1.807, 2.05) is 0 Å². The van der Waals surface area contributed by atoms with Crippen molar-refractivity contribution in [2.75, 3.05) is 5.32 Å². The molecule has 0 aliphatic carbocycles. The highest BCUT2D eigenvalue weighted by Crippen LogP contribution is 2.36. The molecular weight excluding hydrogens is 389 g/mol. The second-order valence-corrected chi connectivity index (χ2v) is 5.89. The van der Waals surface area contributed by atoms with Crippen molar-refractivity contribution in [2.45, 2.75) is 6.18 Å². The van der Waals surface area contributed by atoms with E-state index < -0.39 is 17.6 Å². The first-order valence-corrected chi connectivity index (χ1v) is 8.16. The molecule has 11 heteroatoms. The van der Waals surface area contributed by atoms with Gasteiger partial charge in [-0.2, -0.15) is 22.8 Å². The fourth-order valence-corrected chi connectivity index (χ4v) is 2.67. The van der Waals surface area contributed by atoms with E-state index >= 15 is 0 Å². The average molecular weight is 400 g/mol. The molecular formula is C18H11F3N6O2. The number of aromatic nitrogens is 5. The van der Waals surface area contributed by atoms with Crippen LogP contribution in [0.1, 0.15) is 16.1 Å². The summed E-state index contributed by atoms with van der Waals surface area (Å²) in [5, 5.41) is 15.9.